The number of nitrogens with zero attached hydrogens (tertiary/aromatic N) is 1. The number of carbonyl (C=O) groups is 3. The van der Waals surface area contributed by atoms with Crippen LogP contribution in [-0.2, 0) is 14.3 Å². The molecule has 1 heterocycles. The van der Waals surface area contributed by atoms with Crippen LogP contribution in [-0.4, -0.2) is 48.0 Å². The van der Waals surface area contributed by atoms with Crippen LogP contribution in [0.15, 0.2) is 24.3 Å². The Hall–Kier alpha value is -2.57. The lowest BCUT2D eigenvalue weighted by Gasteiger charge is -2.30. The highest BCUT2D eigenvalue weighted by Gasteiger charge is 2.38. The van der Waals surface area contributed by atoms with E-state index in [4.69, 9.17) is 4.74 Å². The molecular formula is C27H43N3O4. The summed E-state index contributed by atoms with van der Waals surface area (Å²) in [6.07, 6.45) is 6.13. The zero-order chi connectivity index (χ0) is 25.1. The van der Waals surface area contributed by atoms with Crippen LogP contribution in [0.25, 0.3) is 0 Å². The van der Waals surface area contributed by atoms with E-state index in [9.17, 15) is 14.4 Å². The van der Waals surface area contributed by atoms with Crippen molar-refractivity contribution in [3.05, 3.63) is 29.8 Å². The number of alkyl carbamates (subject to hydrolysis) is 1. The van der Waals surface area contributed by atoms with Crippen molar-refractivity contribution in [1.82, 2.24) is 10.2 Å². The number of hydrogen-bond donors (Lipinski definition) is 2. The van der Waals surface area contributed by atoms with Crippen molar-refractivity contribution in [3.8, 4) is 0 Å². The molecular weight excluding hydrogens is 430 g/mol. The lowest BCUT2D eigenvalue weighted by molar-refractivity contribution is -0.139. The van der Waals surface area contributed by atoms with E-state index in [0.29, 0.717) is 31.2 Å². The molecule has 1 aromatic rings. The molecule has 7 nitrogen and oxygen atoms in total. The fourth-order valence-corrected chi connectivity index (χ4v) is 4.43. The summed E-state index contributed by atoms with van der Waals surface area (Å²) in [5.41, 5.74) is 1.82. The maximum Gasteiger partial charge on any atom is 0.407 e. The van der Waals surface area contributed by atoms with Gasteiger partial charge in [-0.2, -0.15) is 0 Å². The van der Waals surface area contributed by atoms with Gasteiger partial charge in [-0.1, -0.05) is 64.7 Å². The molecule has 2 rings (SSSR count). The third-order valence-electron chi connectivity index (χ3n) is 6.48. The largest absolute Gasteiger partial charge is 0.449 e. The molecule has 1 aliphatic heterocycles. The van der Waals surface area contributed by atoms with Crippen molar-refractivity contribution in [1.29, 1.82) is 0 Å². The van der Waals surface area contributed by atoms with E-state index in [0.717, 1.165) is 44.1 Å². The van der Waals surface area contributed by atoms with E-state index in [1.807, 2.05) is 45.0 Å². The molecule has 0 bridgehead atoms. The molecule has 1 aliphatic rings. The van der Waals surface area contributed by atoms with Crippen molar-refractivity contribution in [2.75, 3.05) is 18.5 Å². The van der Waals surface area contributed by atoms with Crippen LogP contribution in [0.2, 0.25) is 0 Å². The summed E-state index contributed by atoms with van der Waals surface area (Å²) in [4.78, 5) is 40.5. The zero-order valence-electron chi connectivity index (χ0n) is 21.6. The van der Waals surface area contributed by atoms with Crippen molar-refractivity contribution in [2.45, 2.75) is 91.6 Å². The van der Waals surface area contributed by atoms with Crippen molar-refractivity contribution >= 4 is 23.6 Å². The molecule has 2 N–H and O–H groups in total. The molecule has 3 atom stereocenters. The second-order valence-corrected chi connectivity index (χ2v) is 9.81. The van der Waals surface area contributed by atoms with Gasteiger partial charge in [-0.25, -0.2) is 4.79 Å². The molecule has 0 saturated carbocycles. The molecule has 1 aromatic carbocycles. The molecule has 1 saturated heterocycles. The Morgan fingerprint density at radius 1 is 1.09 bits per heavy atom. The summed E-state index contributed by atoms with van der Waals surface area (Å²) >= 11 is 0. The number of anilines is 1. The highest BCUT2D eigenvalue weighted by atomic mass is 16.5. The first-order valence-corrected chi connectivity index (χ1v) is 12.9. The average molecular weight is 474 g/mol. The van der Waals surface area contributed by atoms with Gasteiger partial charge < -0.3 is 20.3 Å². The van der Waals surface area contributed by atoms with Crippen LogP contribution in [0.4, 0.5) is 10.5 Å². The Balaban J connectivity index is 1.98. The molecule has 1 fully saturated rings. The van der Waals surface area contributed by atoms with Gasteiger partial charge in [0.1, 0.15) is 12.1 Å². The average Bonchev–Trinajstić information content (AvgIpc) is 3.30. The van der Waals surface area contributed by atoms with E-state index in [-0.39, 0.29) is 17.7 Å². The number of benzene rings is 1. The Labute approximate surface area is 205 Å². The standard InChI is InChI=1S/C27H43N3O4/c1-6-8-11-21(10-7-2)18-34-27(33)29-24(19(3)4)26(32)30-17-9-12-23(30)25(31)28-22-15-13-20(5)14-16-22/h13-16,19,21,23-24H,6-12,17-18H2,1-5H3,(H,28,31)(H,29,33)/t21?,23-,24-/m0/s1. The normalized spacial score (nSPS) is 17.4. The van der Waals surface area contributed by atoms with Crippen LogP contribution >= 0.6 is 0 Å². The van der Waals surface area contributed by atoms with Crippen molar-refractivity contribution < 1.29 is 19.1 Å². The SMILES string of the molecule is CCCCC(CCC)COC(=O)N[C@H](C(=O)N1CCC[C@H]1C(=O)Nc1ccc(C)cc1)C(C)C. The zero-order valence-corrected chi connectivity index (χ0v) is 21.6. The van der Waals surface area contributed by atoms with Gasteiger partial charge >= 0.3 is 6.09 Å². The van der Waals surface area contributed by atoms with E-state index in [2.05, 4.69) is 24.5 Å². The van der Waals surface area contributed by atoms with Crippen LogP contribution in [0.5, 0.6) is 0 Å². The summed E-state index contributed by atoms with van der Waals surface area (Å²) in [6, 6.07) is 6.30. The maximum atomic E-state index is 13.4. The van der Waals surface area contributed by atoms with Gasteiger partial charge in [0.25, 0.3) is 0 Å². The fourth-order valence-electron chi connectivity index (χ4n) is 4.43. The van der Waals surface area contributed by atoms with Crippen LogP contribution in [0.3, 0.4) is 0 Å². The van der Waals surface area contributed by atoms with E-state index < -0.39 is 18.2 Å². The van der Waals surface area contributed by atoms with Crippen molar-refractivity contribution in [2.24, 2.45) is 11.8 Å². The molecule has 7 heteroatoms. The fraction of sp³-hybridized carbons (Fsp3) is 0.667. The van der Waals surface area contributed by atoms with Crippen LogP contribution in [0.1, 0.15) is 78.2 Å². The van der Waals surface area contributed by atoms with Gasteiger partial charge in [0.2, 0.25) is 11.8 Å². The minimum Gasteiger partial charge on any atom is -0.449 e. The maximum absolute atomic E-state index is 13.4. The van der Waals surface area contributed by atoms with Gasteiger partial charge in [0, 0.05) is 12.2 Å². The van der Waals surface area contributed by atoms with E-state index in [1.54, 1.807) is 4.90 Å². The first-order valence-electron chi connectivity index (χ1n) is 12.9. The molecule has 3 amide bonds. The first-order chi connectivity index (χ1) is 16.3. The van der Waals surface area contributed by atoms with Gasteiger partial charge in [0.15, 0.2) is 0 Å². The quantitative estimate of drug-likeness (QED) is 0.432. The second kappa shape index (κ2) is 14.0. The summed E-state index contributed by atoms with van der Waals surface area (Å²) in [5, 5.41) is 5.70. The summed E-state index contributed by atoms with van der Waals surface area (Å²) < 4.78 is 5.51. The Kier molecular flexibility index (Phi) is 11.4. The lowest BCUT2D eigenvalue weighted by Crippen LogP contribution is -2.54. The number of amides is 3. The molecule has 1 unspecified atom stereocenters. The second-order valence-electron chi connectivity index (χ2n) is 9.81. The molecule has 0 aromatic heterocycles. The number of unbranched alkanes of at least 4 members (excludes halogenated alkanes) is 1. The number of ether oxygens (including phenoxy) is 1. The van der Waals surface area contributed by atoms with E-state index >= 15 is 0 Å². The number of rotatable bonds is 12. The monoisotopic (exact) mass is 473 g/mol. The molecule has 34 heavy (non-hydrogen) atoms. The van der Waals surface area contributed by atoms with Crippen LogP contribution in [0, 0.1) is 18.8 Å². The Morgan fingerprint density at radius 3 is 2.41 bits per heavy atom. The number of likely N-dealkylation sites (tertiary alicyclic amines) is 1. The Bertz CT molecular complexity index is 794. The minimum atomic E-state index is -0.736. The smallest absolute Gasteiger partial charge is 0.407 e. The third kappa shape index (κ3) is 8.33. The van der Waals surface area contributed by atoms with E-state index in [1.165, 1.54) is 0 Å². The molecule has 0 radical (unpaired) electrons. The Morgan fingerprint density at radius 2 is 1.79 bits per heavy atom. The summed E-state index contributed by atoms with van der Waals surface area (Å²) in [5.74, 6) is -0.215. The predicted molar refractivity (Wildman–Crippen MR) is 136 cm³/mol. The predicted octanol–water partition coefficient (Wildman–Crippen LogP) is 5.28. The van der Waals surface area contributed by atoms with Gasteiger partial charge in [-0.15, -0.1) is 0 Å². The minimum absolute atomic E-state index is 0.131. The summed E-state index contributed by atoms with van der Waals surface area (Å²) in [6.45, 7) is 10.9. The van der Waals surface area contributed by atoms with Gasteiger partial charge in [-0.3, -0.25) is 9.59 Å². The first kappa shape index (κ1) is 27.7. The van der Waals surface area contributed by atoms with Gasteiger partial charge in [0.05, 0.1) is 6.61 Å². The molecule has 190 valence electrons. The number of nitrogens with one attached hydrogen (secondary N) is 2. The lowest BCUT2D eigenvalue weighted by atomic mass is 9.98. The van der Waals surface area contributed by atoms with Crippen LogP contribution < -0.4 is 10.6 Å². The highest BCUT2D eigenvalue weighted by Crippen LogP contribution is 2.22. The number of carbonyl (C=O) groups excluding carboxylic acids is 3. The molecule has 0 spiro atoms. The summed E-state index contributed by atoms with van der Waals surface area (Å²) in [7, 11) is 0. The highest BCUT2D eigenvalue weighted by molar-refractivity contribution is 5.98. The number of aryl methyl sites for hydroxylation is 1. The topological polar surface area (TPSA) is 87.7 Å². The van der Waals surface area contributed by atoms with Crippen molar-refractivity contribution in [3.63, 3.8) is 0 Å². The molecule has 0 aliphatic carbocycles. The van der Waals surface area contributed by atoms with Gasteiger partial charge in [-0.05, 0) is 56.6 Å². The number of hydrogen-bond acceptors (Lipinski definition) is 4. The third-order valence-corrected chi connectivity index (χ3v) is 6.48.